The van der Waals surface area contributed by atoms with Crippen LogP contribution < -0.4 is 5.73 Å². The lowest BCUT2D eigenvalue weighted by Crippen LogP contribution is -2.45. The normalized spacial score (nSPS) is 19.4. The van der Waals surface area contributed by atoms with Gasteiger partial charge in [0, 0.05) is 12.5 Å². The third kappa shape index (κ3) is 3.75. The predicted molar refractivity (Wildman–Crippen MR) is 94.3 cm³/mol. The molecule has 1 heterocycles. The maximum absolute atomic E-state index is 13.4. The number of nitrogens with two attached hydrogens (primary N) is 1. The smallest absolute Gasteiger partial charge is 0.240 e. The van der Waals surface area contributed by atoms with Crippen LogP contribution in [0.3, 0.4) is 0 Å². The van der Waals surface area contributed by atoms with E-state index in [1.807, 2.05) is 19.1 Å². The van der Waals surface area contributed by atoms with Crippen molar-refractivity contribution in [2.24, 2.45) is 5.73 Å². The van der Waals surface area contributed by atoms with Gasteiger partial charge in [-0.25, -0.2) is 13.2 Å². The Morgan fingerprint density at radius 1 is 1.12 bits per heavy atom. The zero-order chi connectivity index (χ0) is 18.8. The van der Waals surface area contributed by atoms with Crippen molar-refractivity contribution >= 4 is 5.91 Å². The Kier molecular flexibility index (Phi) is 5.32. The third-order valence-electron chi connectivity index (χ3n) is 4.96. The zero-order valence-corrected chi connectivity index (χ0v) is 14.5. The van der Waals surface area contributed by atoms with Crippen LogP contribution in [0.2, 0.25) is 0 Å². The lowest BCUT2D eigenvalue weighted by Gasteiger charge is -2.25. The van der Waals surface area contributed by atoms with Crippen molar-refractivity contribution in [3.05, 3.63) is 59.7 Å². The maximum Gasteiger partial charge on any atom is 0.240 e. The molecule has 2 N–H and O–H groups in total. The minimum atomic E-state index is -0.975. The fourth-order valence-corrected chi connectivity index (χ4v) is 3.20. The molecule has 1 fully saturated rings. The quantitative estimate of drug-likeness (QED) is 0.903. The molecule has 1 amide bonds. The number of benzene rings is 2. The Morgan fingerprint density at radius 3 is 2.35 bits per heavy atom. The van der Waals surface area contributed by atoms with Gasteiger partial charge in [0.1, 0.15) is 6.17 Å². The van der Waals surface area contributed by atoms with Crippen molar-refractivity contribution in [2.75, 3.05) is 13.1 Å². The molecule has 0 saturated carbocycles. The monoisotopic (exact) mass is 362 g/mol. The van der Waals surface area contributed by atoms with Gasteiger partial charge in [-0.1, -0.05) is 37.3 Å². The first-order valence-electron chi connectivity index (χ1n) is 8.60. The van der Waals surface area contributed by atoms with Crippen LogP contribution in [0.15, 0.2) is 42.5 Å². The van der Waals surface area contributed by atoms with Crippen LogP contribution in [-0.2, 0) is 4.79 Å². The number of nitrogens with zero attached hydrogens (tertiary/aromatic N) is 1. The van der Waals surface area contributed by atoms with Crippen LogP contribution in [-0.4, -0.2) is 36.1 Å². The molecule has 0 unspecified atom stereocenters. The Labute approximate surface area is 150 Å². The van der Waals surface area contributed by atoms with E-state index in [1.165, 1.54) is 11.0 Å². The molecule has 0 aromatic heterocycles. The molecule has 3 atom stereocenters. The van der Waals surface area contributed by atoms with Gasteiger partial charge in [-0.2, -0.15) is 0 Å². The summed E-state index contributed by atoms with van der Waals surface area (Å²) in [4.78, 5) is 13.9. The lowest BCUT2D eigenvalue weighted by molar-refractivity contribution is -0.132. The molecule has 1 saturated heterocycles. The summed E-state index contributed by atoms with van der Waals surface area (Å²) in [6.07, 6.45) is -0.618. The van der Waals surface area contributed by atoms with Crippen LogP contribution in [0.1, 0.15) is 24.8 Å². The lowest BCUT2D eigenvalue weighted by atomic mass is 9.91. The number of amides is 1. The van der Waals surface area contributed by atoms with E-state index in [-0.39, 0.29) is 18.4 Å². The Bertz CT molecular complexity index is 794. The Morgan fingerprint density at radius 2 is 1.77 bits per heavy atom. The highest BCUT2D eigenvalue weighted by molar-refractivity contribution is 5.83. The number of rotatable bonds is 4. The Hall–Kier alpha value is -2.34. The van der Waals surface area contributed by atoms with Gasteiger partial charge >= 0.3 is 0 Å². The topological polar surface area (TPSA) is 46.3 Å². The average molecular weight is 362 g/mol. The third-order valence-corrected chi connectivity index (χ3v) is 4.96. The van der Waals surface area contributed by atoms with Gasteiger partial charge in [-0.15, -0.1) is 0 Å². The minimum Gasteiger partial charge on any atom is -0.338 e. The molecule has 2 aromatic carbocycles. The summed E-state index contributed by atoms with van der Waals surface area (Å²) in [5.74, 6) is -2.28. The standard InChI is InChI=1S/C20H21F3N2O/c1-12(19(24)20(26)25-9-8-16(21)11-25)13-2-4-14(5-3-13)15-6-7-17(22)18(23)10-15/h2-7,10,12,16,19H,8-9,11,24H2,1H3/t12-,16-,19-/m0/s1. The summed E-state index contributed by atoms with van der Waals surface area (Å²) < 4.78 is 39.7. The summed E-state index contributed by atoms with van der Waals surface area (Å²) >= 11 is 0. The highest BCUT2D eigenvalue weighted by atomic mass is 19.2. The molecule has 6 heteroatoms. The second kappa shape index (κ2) is 7.50. The van der Waals surface area contributed by atoms with Crippen LogP contribution in [0, 0.1) is 11.6 Å². The molecule has 0 bridgehead atoms. The SMILES string of the molecule is C[C@@H](c1ccc(-c2ccc(F)c(F)c2)cc1)[C@H](N)C(=O)N1CC[C@H](F)C1. The first kappa shape index (κ1) is 18.5. The van der Waals surface area contributed by atoms with E-state index < -0.39 is 23.8 Å². The molecule has 1 aliphatic rings. The van der Waals surface area contributed by atoms with Crippen molar-refractivity contribution in [2.45, 2.75) is 31.5 Å². The molecular formula is C20H21F3N2O. The van der Waals surface area contributed by atoms with Crippen molar-refractivity contribution in [1.82, 2.24) is 4.90 Å². The number of halogens is 3. The average Bonchev–Trinajstić information content (AvgIpc) is 3.08. The van der Waals surface area contributed by atoms with Crippen LogP contribution in [0.4, 0.5) is 13.2 Å². The number of hydrogen-bond donors (Lipinski definition) is 1. The van der Waals surface area contributed by atoms with Crippen LogP contribution >= 0.6 is 0 Å². The first-order chi connectivity index (χ1) is 12.4. The van der Waals surface area contributed by atoms with E-state index in [0.717, 1.165) is 23.3 Å². The summed E-state index contributed by atoms with van der Waals surface area (Å²) in [6, 6.07) is 10.2. The van der Waals surface area contributed by atoms with Gasteiger partial charge in [0.15, 0.2) is 11.6 Å². The minimum absolute atomic E-state index is 0.105. The maximum atomic E-state index is 13.4. The number of carbonyl (C=O) groups excluding carboxylic acids is 1. The number of hydrogen-bond acceptors (Lipinski definition) is 2. The second-order valence-electron chi connectivity index (χ2n) is 6.74. The number of alkyl halides is 1. The fraction of sp³-hybridized carbons (Fsp3) is 0.350. The van der Waals surface area contributed by atoms with Crippen LogP contribution in [0.5, 0.6) is 0 Å². The predicted octanol–water partition coefficient (Wildman–Crippen LogP) is 3.63. The fourth-order valence-electron chi connectivity index (χ4n) is 3.20. The van der Waals surface area contributed by atoms with E-state index in [0.29, 0.717) is 18.5 Å². The van der Waals surface area contributed by atoms with Crippen LogP contribution in [0.25, 0.3) is 11.1 Å². The van der Waals surface area contributed by atoms with Gasteiger partial charge in [0.25, 0.3) is 0 Å². The highest BCUT2D eigenvalue weighted by Gasteiger charge is 2.32. The largest absolute Gasteiger partial charge is 0.338 e. The number of likely N-dealkylation sites (tertiary alicyclic amines) is 1. The van der Waals surface area contributed by atoms with Gasteiger partial charge in [-0.05, 0) is 35.2 Å². The first-order valence-corrected chi connectivity index (χ1v) is 8.60. The Balaban J connectivity index is 1.72. The zero-order valence-electron chi connectivity index (χ0n) is 14.5. The van der Waals surface area contributed by atoms with Crippen molar-refractivity contribution in [3.63, 3.8) is 0 Å². The number of carbonyl (C=O) groups is 1. The molecule has 138 valence electrons. The van der Waals surface area contributed by atoms with Gasteiger partial charge in [0.2, 0.25) is 5.91 Å². The van der Waals surface area contributed by atoms with Gasteiger partial charge < -0.3 is 10.6 Å². The molecule has 3 nitrogen and oxygen atoms in total. The molecule has 0 aliphatic carbocycles. The second-order valence-corrected chi connectivity index (χ2v) is 6.74. The van der Waals surface area contributed by atoms with E-state index in [2.05, 4.69) is 0 Å². The van der Waals surface area contributed by atoms with Crippen molar-refractivity contribution in [3.8, 4) is 11.1 Å². The summed E-state index contributed by atoms with van der Waals surface area (Å²) in [6.45, 7) is 2.35. The van der Waals surface area contributed by atoms with E-state index in [4.69, 9.17) is 5.73 Å². The van der Waals surface area contributed by atoms with E-state index in [9.17, 15) is 18.0 Å². The molecular weight excluding hydrogens is 341 g/mol. The summed E-state index contributed by atoms with van der Waals surface area (Å²) in [5, 5.41) is 0. The van der Waals surface area contributed by atoms with E-state index in [1.54, 1.807) is 12.1 Å². The van der Waals surface area contributed by atoms with Crippen molar-refractivity contribution < 1.29 is 18.0 Å². The molecule has 3 rings (SSSR count). The molecule has 26 heavy (non-hydrogen) atoms. The van der Waals surface area contributed by atoms with Gasteiger partial charge in [-0.3, -0.25) is 4.79 Å². The summed E-state index contributed by atoms with van der Waals surface area (Å²) in [7, 11) is 0. The highest BCUT2D eigenvalue weighted by Crippen LogP contribution is 2.26. The molecule has 2 aromatic rings. The van der Waals surface area contributed by atoms with Crippen molar-refractivity contribution in [1.29, 1.82) is 0 Å². The molecule has 0 radical (unpaired) electrons. The molecule has 1 aliphatic heterocycles. The van der Waals surface area contributed by atoms with E-state index >= 15 is 0 Å². The summed E-state index contributed by atoms with van der Waals surface area (Å²) in [5.41, 5.74) is 8.25. The molecule has 0 spiro atoms. The van der Waals surface area contributed by atoms with Gasteiger partial charge in [0.05, 0.1) is 12.6 Å².